The van der Waals surface area contributed by atoms with Crippen LogP contribution in [0.15, 0.2) is 54.9 Å². The molecule has 0 N–H and O–H groups in total. The predicted molar refractivity (Wildman–Crippen MR) is 158 cm³/mol. The van der Waals surface area contributed by atoms with Crippen LogP contribution >= 0.6 is 0 Å². The maximum atomic E-state index is 6.56. The van der Waals surface area contributed by atoms with Crippen LogP contribution in [0.25, 0.3) is 0 Å². The first-order chi connectivity index (χ1) is 18.8. The van der Waals surface area contributed by atoms with Gasteiger partial charge in [-0.3, -0.25) is 0 Å². The van der Waals surface area contributed by atoms with Crippen LogP contribution in [0.5, 0.6) is 11.5 Å². The third-order valence-corrected chi connectivity index (χ3v) is 7.67. The summed E-state index contributed by atoms with van der Waals surface area (Å²) in [6.45, 7) is 12.9. The normalized spacial score (nSPS) is 14.7. The van der Waals surface area contributed by atoms with E-state index in [1.165, 1.54) is 27.8 Å². The minimum absolute atomic E-state index is 0. The molecule has 208 valence electrons. The zero-order chi connectivity index (χ0) is 27.1. The number of aromatic nitrogens is 2. The van der Waals surface area contributed by atoms with Gasteiger partial charge in [0.1, 0.15) is 11.6 Å². The van der Waals surface area contributed by atoms with Gasteiger partial charge < -0.3 is 14.5 Å². The van der Waals surface area contributed by atoms with Crippen LogP contribution in [0.2, 0.25) is 0 Å². The monoisotopic (exact) mass is 711 g/mol. The SMILES string of the molecule is Cc1ccnc(N2CCCc3ccc(Oc4[c-]c5c(c(C(C)(C)C)c4)CCCN5c4cc(C)ccn4)[c-]c32)c1.[Pt+2]. The summed E-state index contributed by atoms with van der Waals surface area (Å²) in [5, 5.41) is 0. The minimum atomic E-state index is -0.0342. The fraction of sp³-hybridized carbons (Fsp3) is 0.353. The molecule has 2 aliphatic heterocycles. The van der Waals surface area contributed by atoms with Crippen molar-refractivity contribution in [3.8, 4) is 11.5 Å². The zero-order valence-corrected chi connectivity index (χ0v) is 26.2. The minimum Gasteiger partial charge on any atom is -0.509 e. The van der Waals surface area contributed by atoms with Crippen molar-refractivity contribution >= 4 is 23.0 Å². The second kappa shape index (κ2) is 11.4. The Balaban J connectivity index is 0.00000323. The second-order valence-electron chi connectivity index (χ2n) is 11.8. The number of hydrogen-bond acceptors (Lipinski definition) is 5. The summed E-state index contributed by atoms with van der Waals surface area (Å²) in [6, 6.07) is 22.0. The number of pyridine rings is 2. The van der Waals surface area contributed by atoms with Crippen molar-refractivity contribution in [3.63, 3.8) is 0 Å². The average molecular weight is 712 g/mol. The standard InChI is InChI=1S/C34H36N4O.Pt/c1-23-12-14-35-32(18-23)37-16-6-8-25-10-11-26(21-30(25)37)39-27-20-29(34(3,4)5)28-9-7-17-38(31(28)22-27)33-19-24(2)13-15-36-33;/h10-15,18-20H,6-9,16-17H2,1-5H3;/q-2;+2. The molecule has 4 heterocycles. The molecule has 6 rings (SSSR count). The molecule has 40 heavy (non-hydrogen) atoms. The van der Waals surface area contributed by atoms with Gasteiger partial charge in [-0.1, -0.05) is 45.0 Å². The number of ether oxygens (including phenoxy) is 1. The average Bonchev–Trinajstić information content (AvgIpc) is 2.91. The van der Waals surface area contributed by atoms with Gasteiger partial charge in [-0.2, -0.15) is 6.07 Å². The Morgan fingerprint density at radius 2 is 1.35 bits per heavy atom. The summed E-state index contributed by atoms with van der Waals surface area (Å²) in [6.07, 6.45) is 8.01. The van der Waals surface area contributed by atoms with Crippen LogP contribution in [-0.2, 0) is 39.3 Å². The molecule has 0 fully saturated rings. The molecule has 0 aliphatic carbocycles. The Morgan fingerprint density at radius 3 is 1.98 bits per heavy atom. The van der Waals surface area contributed by atoms with E-state index in [4.69, 9.17) is 9.72 Å². The fourth-order valence-electron chi connectivity index (χ4n) is 5.76. The van der Waals surface area contributed by atoms with E-state index in [1.807, 2.05) is 30.6 Å². The molecule has 2 aliphatic rings. The maximum Gasteiger partial charge on any atom is 2.00 e. The van der Waals surface area contributed by atoms with Crippen LogP contribution in [0, 0.1) is 26.0 Å². The molecule has 0 unspecified atom stereocenters. The van der Waals surface area contributed by atoms with Gasteiger partial charge in [0.15, 0.2) is 0 Å². The van der Waals surface area contributed by atoms with Crippen molar-refractivity contribution < 1.29 is 25.8 Å². The van der Waals surface area contributed by atoms with Crippen molar-refractivity contribution in [2.24, 2.45) is 0 Å². The third-order valence-electron chi connectivity index (χ3n) is 7.67. The number of nitrogens with zero attached hydrogens (tertiary/aromatic N) is 4. The summed E-state index contributed by atoms with van der Waals surface area (Å²) >= 11 is 0. The van der Waals surface area contributed by atoms with Crippen molar-refractivity contribution in [1.82, 2.24) is 9.97 Å². The molecule has 0 amide bonds. The van der Waals surface area contributed by atoms with E-state index in [2.05, 4.69) is 85.8 Å². The summed E-state index contributed by atoms with van der Waals surface area (Å²) in [5.41, 5.74) is 8.41. The quantitative estimate of drug-likeness (QED) is 0.201. The number of benzene rings is 2. The molecule has 0 spiro atoms. The third kappa shape index (κ3) is 5.67. The molecule has 2 aromatic heterocycles. The molecule has 0 saturated carbocycles. The summed E-state index contributed by atoms with van der Waals surface area (Å²) in [7, 11) is 0. The molecular formula is C34H36N4OPt. The zero-order valence-electron chi connectivity index (χ0n) is 24.0. The first-order valence-electron chi connectivity index (χ1n) is 14.0. The first kappa shape index (κ1) is 28.4. The molecule has 5 nitrogen and oxygen atoms in total. The number of hydrogen-bond donors (Lipinski definition) is 0. The van der Waals surface area contributed by atoms with Crippen molar-refractivity contribution in [2.45, 2.75) is 65.7 Å². The van der Waals surface area contributed by atoms with E-state index in [0.717, 1.165) is 61.8 Å². The molecule has 0 bridgehead atoms. The predicted octanol–water partition coefficient (Wildman–Crippen LogP) is 7.95. The largest absolute Gasteiger partial charge is 2.00 e. The summed E-state index contributed by atoms with van der Waals surface area (Å²) in [4.78, 5) is 13.9. The summed E-state index contributed by atoms with van der Waals surface area (Å²) < 4.78 is 6.56. The van der Waals surface area contributed by atoms with Gasteiger partial charge in [-0.05, 0) is 67.5 Å². The van der Waals surface area contributed by atoms with Crippen LogP contribution < -0.4 is 14.5 Å². The number of rotatable bonds is 4. The van der Waals surface area contributed by atoms with E-state index in [0.29, 0.717) is 11.5 Å². The van der Waals surface area contributed by atoms with Crippen LogP contribution in [-0.4, -0.2) is 23.1 Å². The molecule has 0 radical (unpaired) electrons. The van der Waals surface area contributed by atoms with Crippen molar-refractivity contribution in [1.29, 1.82) is 0 Å². The Kier molecular flexibility index (Phi) is 8.06. The maximum absolute atomic E-state index is 6.56. The van der Waals surface area contributed by atoms with Gasteiger partial charge in [0.2, 0.25) is 0 Å². The topological polar surface area (TPSA) is 41.5 Å². The number of aryl methyl sites for hydroxylation is 3. The van der Waals surface area contributed by atoms with Gasteiger partial charge >= 0.3 is 21.1 Å². The second-order valence-corrected chi connectivity index (χ2v) is 11.8. The van der Waals surface area contributed by atoms with Gasteiger partial charge in [0.25, 0.3) is 0 Å². The fourth-order valence-corrected chi connectivity index (χ4v) is 5.76. The number of fused-ring (bicyclic) bond motifs is 2. The van der Waals surface area contributed by atoms with Gasteiger partial charge in [0, 0.05) is 37.0 Å². The van der Waals surface area contributed by atoms with Gasteiger partial charge in [-0.25, -0.2) is 9.97 Å². The smallest absolute Gasteiger partial charge is 0.509 e. The van der Waals surface area contributed by atoms with Crippen molar-refractivity contribution in [2.75, 3.05) is 22.9 Å². The molecule has 2 aromatic carbocycles. The molecule has 0 saturated heterocycles. The molecule has 4 aromatic rings. The van der Waals surface area contributed by atoms with Gasteiger partial charge in [-0.15, -0.1) is 41.0 Å². The van der Waals surface area contributed by atoms with Gasteiger partial charge in [0.05, 0.1) is 0 Å². The van der Waals surface area contributed by atoms with Crippen LogP contribution in [0.4, 0.5) is 23.0 Å². The van der Waals surface area contributed by atoms with E-state index in [9.17, 15) is 0 Å². The van der Waals surface area contributed by atoms with Crippen molar-refractivity contribution in [3.05, 3.63) is 94.8 Å². The van der Waals surface area contributed by atoms with E-state index >= 15 is 0 Å². The molecule has 0 atom stereocenters. The van der Waals surface area contributed by atoms with E-state index < -0.39 is 0 Å². The first-order valence-corrected chi connectivity index (χ1v) is 14.0. The van der Waals surface area contributed by atoms with E-state index in [1.54, 1.807) is 0 Å². The Hall–Kier alpha value is -3.17. The Bertz CT molecular complexity index is 1530. The van der Waals surface area contributed by atoms with Crippen LogP contribution in [0.1, 0.15) is 61.4 Å². The molecular weight excluding hydrogens is 675 g/mol. The molecule has 6 heteroatoms. The Morgan fingerprint density at radius 1 is 0.750 bits per heavy atom. The van der Waals surface area contributed by atoms with Crippen LogP contribution in [0.3, 0.4) is 0 Å². The Labute approximate surface area is 252 Å². The number of anilines is 4. The van der Waals surface area contributed by atoms with E-state index in [-0.39, 0.29) is 26.5 Å². The summed E-state index contributed by atoms with van der Waals surface area (Å²) in [5.74, 6) is 3.33.